The third-order valence-corrected chi connectivity index (χ3v) is 16.4. The highest BCUT2D eigenvalue weighted by Crippen LogP contribution is 2.19. The molecule has 0 heterocycles. The second-order valence-electron chi connectivity index (χ2n) is 24.2. The third-order valence-electron chi connectivity index (χ3n) is 16.4. The van der Waals surface area contributed by atoms with Crippen LogP contribution in [0.25, 0.3) is 0 Å². The van der Waals surface area contributed by atoms with E-state index in [4.69, 9.17) is 14.2 Å². The highest BCUT2D eigenvalue weighted by molar-refractivity contribution is 5.71. The number of ether oxygens (including phenoxy) is 3. The molecule has 0 amide bonds. The SMILES string of the molecule is CCCCCCCCCCCCCCCCCCCCCCCCCCCCC(=O)OCC(COC(=O)CCCCCCCCCCCCCCCC)OC(=O)CCCCCCCCCCCCCCCCCCCC. The zero-order valence-electron chi connectivity index (χ0n) is 52.1. The first-order valence-electron chi connectivity index (χ1n) is 35.0. The summed E-state index contributed by atoms with van der Waals surface area (Å²) in [5, 5.41) is 0. The zero-order valence-corrected chi connectivity index (χ0v) is 52.1. The summed E-state index contributed by atoms with van der Waals surface area (Å²) in [6.07, 6.45) is 77.0. The fourth-order valence-electron chi connectivity index (χ4n) is 11.1. The molecule has 0 spiro atoms. The van der Waals surface area contributed by atoms with Gasteiger partial charge < -0.3 is 14.2 Å². The average molecular weight is 1070 g/mol. The predicted molar refractivity (Wildman–Crippen MR) is 330 cm³/mol. The van der Waals surface area contributed by atoms with E-state index in [0.29, 0.717) is 19.3 Å². The largest absolute Gasteiger partial charge is 0.462 e. The molecule has 1 atom stereocenters. The minimum Gasteiger partial charge on any atom is -0.462 e. The Balaban J connectivity index is 4.18. The summed E-state index contributed by atoms with van der Waals surface area (Å²) in [6.45, 7) is 6.74. The van der Waals surface area contributed by atoms with E-state index < -0.39 is 6.10 Å². The molecule has 0 saturated carbocycles. The van der Waals surface area contributed by atoms with Crippen molar-refractivity contribution in [2.75, 3.05) is 13.2 Å². The molecule has 0 aliphatic heterocycles. The second kappa shape index (κ2) is 65.9. The lowest BCUT2D eigenvalue weighted by Crippen LogP contribution is -2.30. The fraction of sp³-hybridized carbons (Fsp3) is 0.957. The van der Waals surface area contributed by atoms with Crippen molar-refractivity contribution in [3.8, 4) is 0 Å². The van der Waals surface area contributed by atoms with Crippen molar-refractivity contribution in [3.63, 3.8) is 0 Å². The molecule has 0 aliphatic carbocycles. The van der Waals surface area contributed by atoms with Crippen LogP contribution in [0.3, 0.4) is 0 Å². The molecule has 452 valence electrons. The Kier molecular flexibility index (Phi) is 64.5. The first-order chi connectivity index (χ1) is 37.5. The van der Waals surface area contributed by atoms with Crippen LogP contribution < -0.4 is 0 Å². The monoisotopic (exact) mass is 1070 g/mol. The number of esters is 3. The summed E-state index contributed by atoms with van der Waals surface area (Å²) >= 11 is 0. The second-order valence-corrected chi connectivity index (χ2v) is 24.2. The van der Waals surface area contributed by atoms with Crippen LogP contribution >= 0.6 is 0 Å². The maximum atomic E-state index is 12.9. The summed E-state index contributed by atoms with van der Waals surface area (Å²) in [6, 6.07) is 0. The number of rotatable bonds is 66. The van der Waals surface area contributed by atoms with E-state index in [-0.39, 0.29) is 31.1 Å². The molecule has 0 radical (unpaired) electrons. The van der Waals surface area contributed by atoms with Crippen LogP contribution in [0.2, 0.25) is 0 Å². The Morgan fingerprint density at radius 1 is 0.211 bits per heavy atom. The molecule has 0 aliphatic rings. The van der Waals surface area contributed by atoms with E-state index in [1.54, 1.807) is 0 Å². The molecule has 0 aromatic carbocycles. The lowest BCUT2D eigenvalue weighted by atomic mass is 10.0. The van der Waals surface area contributed by atoms with Gasteiger partial charge in [0.05, 0.1) is 0 Å². The average Bonchev–Trinajstić information content (AvgIpc) is 3.42. The molecule has 0 bridgehead atoms. The quantitative estimate of drug-likeness (QED) is 0.0343. The fourth-order valence-corrected chi connectivity index (χ4v) is 11.1. The first kappa shape index (κ1) is 74.4. The zero-order chi connectivity index (χ0) is 55.0. The smallest absolute Gasteiger partial charge is 0.306 e. The summed E-state index contributed by atoms with van der Waals surface area (Å²) in [4.78, 5) is 38.4. The lowest BCUT2D eigenvalue weighted by molar-refractivity contribution is -0.167. The minimum absolute atomic E-state index is 0.0602. The van der Waals surface area contributed by atoms with Gasteiger partial charge in [0.1, 0.15) is 13.2 Å². The summed E-state index contributed by atoms with van der Waals surface area (Å²) in [5.41, 5.74) is 0. The Morgan fingerprint density at radius 3 is 0.526 bits per heavy atom. The molecule has 76 heavy (non-hydrogen) atoms. The molecule has 0 aromatic heterocycles. The normalized spacial score (nSPS) is 11.9. The van der Waals surface area contributed by atoms with Gasteiger partial charge in [0.25, 0.3) is 0 Å². The van der Waals surface area contributed by atoms with E-state index in [9.17, 15) is 14.4 Å². The van der Waals surface area contributed by atoms with E-state index in [1.165, 1.54) is 315 Å². The molecule has 0 fully saturated rings. The van der Waals surface area contributed by atoms with Crippen molar-refractivity contribution in [1.82, 2.24) is 0 Å². The summed E-state index contributed by atoms with van der Waals surface area (Å²) in [7, 11) is 0. The Morgan fingerprint density at radius 2 is 0.355 bits per heavy atom. The molecular weight excluding hydrogens is 937 g/mol. The third kappa shape index (κ3) is 63.2. The van der Waals surface area contributed by atoms with E-state index in [0.717, 1.165) is 57.8 Å². The maximum Gasteiger partial charge on any atom is 0.306 e. The Bertz CT molecular complexity index is 1140. The number of carbonyl (C=O) groups excluding carboxylic acids is 3. The van der Waals surface area contributed by atoms with Crippen LogP contribution in [-0.2, 0) is 28.6 Å². The van der Waals surface area contributed by atoms with E-state index >= 15 is 0 Å². The van der Waals surface area contributed by atoms with Crippen LogP contribution in [0, 0.1) is 0 Å². The molecule has 6 heteroatoms. The van der Waals surface area contributed by atoms with Gasteiger partial charge in [-0.25, -0.2) is 0 Å². The Hall–Kier alpha value is -1.59. The van der Waals surface area contributed by atoms with Crippen molar-refractivity contribution in [2.45, 2.75) is 419 Å². The minimum atomic E-state index is -0.763. The van der Waals surface area contributed by atoms with Gasteiger partial charge in [0.2, 0.25) is 0 Å². The molecular formula is C70H136O6. The molecule has 0 N–H and O–H groups in total. The standard InChI is InChI=1S/C70H136O6/c1-4-7-10-13-16-19-22-25-28-30-32-33-34-35-36-37-38-39-41-42-45-48-51-54-57-60-63-69(72)75-66-67(65-74-68(71)62-59-56-53-50-47-44-27-24-21-18-15-12-9-6-3)76-70(73)64-61-58-55-52-49-46-43-40-31-29-26-23-20-17-14-11-8-5-2/h67H,4-66H2,1-3H3. The van der Waals surface area contributed by atoms with Gasteiger partial charge in [0, 0.05) is 19.3 Å². The van der Waals surface area contributed by atoms with Crippen molar-refractivity contribution in [2.24, 2.45) is 0 Å². The molecule has 0 aromatic rings. The summed E-state index contributed by atoms with van der Waals surface area (Å²) in [5.74, 6) is -0.820. The van der Waals surface area contributed by atoms with Crippen LogP contribution in [-0.4, -0.2) is 37.2 Å². The Labute approximate surface area is 476 Å². The first-order valence-corrected chi connectivity index (χ1v) is 35.0. The van der Waals surface area contributed by atoms with Gasteiger partial charge in [-0.1, -0.05) is 374 Å². The number of carbonyl (C=O) groups is 3. The van der Waals surface area contributed by atoms with Gasteiger partial charge >= 0.3 is 17.9 Å². The van der Waals surface area contributed by atoms with E-state index in [2.05, 4.69) is 20.8 Å². The van der Waals surface area contributed by atoms with Gasteiger partial charge in [-0.05, 0) is 19.3 Å². The van der Waals surface area contributed by atoms with Crippen LogP contribution in [0.1, 0.15) is 412 Å². The van der Waals surface area contributed by atoms with Crippen molar-refractivity contribution < 1.29 is 28.6 Å². The summed E-state index contributed by atoms with van der Waals surface area (Å²) < 4.78 is 17.0. The maximum absolute atomic E-state index is 12.9. The van der Waals surface area contributed by atoms with Crippen LogP contribution in [0.15, 0.2) is 0 Å². The highest BCUT2D eigenvalue weighted by atomic mass is 16.6. The van der Waals surface area contributed by atoms with Crippen LogP contribution in [0.5, 0.6) is 0 Å². The topological polar surface area (TPSA) is 78.9 Å². The number of hydrogen-bond acceptors (Lipinski definition) is 6. The van der Waals surface area contributed by atoms with E-state index in [1.807, 2.05) is 0 Å². The molecule has 0 saturated heterocycles. The number of hydrogen-bond donors (Lipinski definition) is 0. The van der Waals surface area contributed by atoms with Gasteiger partial charge in [-0.3, -0.25) is 14.4 Å². The van der Waals surface area contributed by atoms with Gasteiger partial charge in [-0.2, -0.15) is 0 Å². The molecule has 0 rings (SSSR count). The van der Waals surface area contributed by atoms with Crippen LogP contribution in [0.4, 0.5) is 0 Å². The van der Waals surface area contributed by atoms with Crippen molar-refractivity contribution in [1.29, 1.82) is 0 Å². The number of unbranched alkanes of at least 4 members (excludes halogenated alkanes) is 55. The highest BCUT2D eigenvalue weighted by Gasteiger charge is 2.19. The molecule has 1 unspecified atom stereocenters. The predicted octanol–water partition coefficient (Wildman–Crippen LogP) is 23.8. The molecule has 6 nitrogen and oxygen atoms in total. The van der Waals surface area contributed by atoms with Crippen molar-refractivity contribution in [3.05, 3.63) is 0 Å². The van der Waals surface area contributed by atoms with Crippen molar-refractivity contribution >= 4 is 17.9 Å². The van der Waals surface area contributed by atoms with Gasteiger partial charge in [-0.15, -0.1) is 0 Å². The lowest BCUT2D eigenvalue weighted by Gasteiger charge is -2.18. The van der Waals surface area contributed by atoms with Gasteiger partial charge in [0.15, 0.2) is 6.10 Å².